The van der Waals surface area contributed by atoms with Crippen LogP contribution in [0.5, 0.6) is 0 Å². The largest absolute Gasteiger partial charge is 0.369 e. The van der Waals surface area contributed by atoms with Gasteiger partial charge in [-0.1, -0.05) is 12.1 Å². The number of rotatable bonds is 3. The van der Waals surface area contributed by atoms with Gasteiger partial charge in [0, 0.05) is 19.8 Å². The molecule has 5 rings (SSSR count). The molecule has 1 amide bonds. The molecule has 3 aromatic rings. The Kier molecular flexibility index (Phi) is 4.04. The summed E-state index contributed by atoms with van der Waals surface area (Å²) in [6.07, 6.45) is 4.83. The summed E-state index contributed by atoms with van der Waals surface area (Å²) in [5, 5.41) is 3.38. The number of carbonyl (C=O) groups is 1. The summed E-state index contributed by atoms with van der Waals surface area (Å²) >= 11 is 0. The number of carbonyl (C=O) groups excluding carboxylic acids is 1. The fourth-order valence-corrected chi connectivity index (χ4v) is 6.03. The fraction of sp³-hybridized carbons (Fsp3) is 0.421. The SMILES string of the molecule is Cn1cc(C(=O)N2CC3(C2)CS(=O)(=O)[C@@H](Cn2cnc4ccccc42)CO3)cn1. The van der Waals surface area contributed by atoms with Gasteiger partial charge < -0.3 is 14.2 Å². The van der Waals surface area contributed by atoms with Gasteiger partial charge in [-0.3, -0.25) is 9.48 Å². The summed E-state index contributed by atoms with van der Waals surface area (Å²) in [6, 6.07) is 7.63. The van der Waals surface area contributed by atoms with Crippen molar-refractivity contribution >= 4 is 26.8 Å². The summed E-state index contributed by atoms with van der Waals surface area (Å²) in [5.74, 6) is -0.231. The fourth-order valence-electron chi connectivity index (χ4n) is 4.13. The number of hydrogen-bond donors (Lipinski definition) is 0. The molecule has 1 spiro atoms. The molecular weight excluding hydrogens is 394 g/mol. The Bertz CT molecular complexity index is 1190. The van der Waals surface area contributed by atoms with Crippen LogP contribution in [0.15, 0.2) is 43.0 Å². The first kappa shape index (κ1) is 18.3. The molecule has 1 aromatic carbocycles. The van der Waals surface area contributed by atoms with Gasteiger partial charge in [-0.05, 0) is 12.1 Å². The van der Waals surface area contributed by atoms with Gasteiger partial charge in [0.1, 0.15) is 10.9 Å². The van der Waals surface area contributed by atoms with E-state index >= 15 is 0 Å². The Hall–Kier alpha value is -2.72. The lowest BCUT2D eigenvalue weighted by molar-refractivity contribution is -0.121. The highest BCUT2D eigenvalue weighted by Crippen LogP contribution is 2.34. The third kappa shape index (κ3) is 3.12. The molecule has 4 heterocycles. The molecule has 2 aliphatic heterocycles. The van der Waals surface area contributed by atoms with Crippen molar-refractivity contribution in [2.45, 2.75) is 17.4 Å². The maximum absolute atomic E-state index is 13.0. The van der Waals surface area contributed by atoms with Crippen molar-refractivity contribution in [3.8, 4) is 0 Å². The van der Waals surface area contributed by atoms with Gasteiger partial charge in [0.05, 0.1) is 54.6 Å². The average Bonchev–Trinajstić information content (AvgIpc) is 3.27. The molecule has 0 bridgehead atoms. The lowest BCUT2D eigenvalue weighted by Crippen LogP contribution is -2.70. The topological polar surface area (TPSA) is 99.3 Å². The maximum atomic E-state index is 13.0. The van der Waals surface area contributed by atoms with Gasteiger partial charge in [-0.25, -0.2) is 13.4 Å². The predicted octanol–water partition coefficient (Wildman–Crippen LogP) is 0.478. The van der Waals surface area contributed by atoms with Crippen LogP contribution in [0.3, 0.4) is 0 Å². The number of fused-ring (bicyclic) bond motifs is 1. The van der Waals surface area contributed by atoms with E-state index in [2.05, 4.69) is 10.1 Å². The third-order valence-corrected chi connectivity index (χ3v) is 7.90. The predicted molar refractivity (Wildman–Crippen MR) is 105 cm³/mol. The minimum absolute atomic E-state index is 0.0753. The van der Waals surface area contributed by atoms with E-state index in [1.165, 1.54) is 6.20 Å². The Morgan fingerprint density at radius 2 is 2.10 bits per heavy atom. The number of amides is 1. The highest BCUT2D eigenvalue weighted by Gasteiger charge is 2.54. The number of aryl methyl sites for hydroxylation is 1. The quantitative estimate of drug-likeness (QED) is 0.617. The van der Waals surface area contributed by atoms with Gasteiger partial charge >= 0.3 is 0 Å². The molecule has 0 unspecified atom stereocenters. The molecule has 152 valence electrons. The smallest absolute Gasteiger partial charge is 0.257 e. The molecule has 9 nitrogen and oxygen atoms in total. The molecule has 2 saturated heterocycles. The van der Waals surface area contributed by atoms with E-state index in [1.54, 1.807) is 29.2 Å². The standard InChI is InChI=1S/C19H21N5O4S/c1-22-7-14(6-21-22)18(25)24-10-19(11-24)12-29(26,27)15(9-28-19)8-23-13-20-16-4-2-3-5-17(16)23/h2-7,13,15H,8-12H2,1H3/t15-/m0/s1. The number of nitrogens with zero attached hydrogens (tertiary/aromatic N) is 5. The van der Waals surface area contributed by atoms with Crippen molar-refractivity contribution in [2.75, 3.05) is 25.4 Å². The van der Waals surface area contributed by atoms with E-state index in [4.69, 9.17) is 4.74 Å². The van der Waals surface area contributed by atoms with Crippen molar-refractivity contribution in [1.82, 2.24) is 24.2 Å². The van der Waals surface area contributed by atoms with Gasteiger partial charge in [0.25, 0.3) is 5.91 Å². The third-order valence-electron chi connectivity index (χ3n) is 5.67. The van der Waals surface area contributed by atoms with Crippen molar-refractivity contribution in [3.63, 3.8) is 0 Å². The number of sulfone groups is 1. The molecule has 10 heteroatoms. The number of ether oxygens (including phenoxy) is 1. The van der Waals surface area contributed by atoms with Crippen LogP contribution in [0.4, 0.5) is 0 Å². The molecule has 2 aliphatic rings. The van der Waals surface area contributed by atoms with Gasteiger partial charge in [0.2, 0.25) is 0 Å². The van der Waals surface area contributed by atoms with Crippen molar-refractivity contribution in [1.29, 1.82) is 0 Å². The Balaban J connectivity index is 1.27. The summed E-state index contributed by atoms with van der Waals surface area (Å²) in [4.78, 5) is 18.4. The number of likely N-dealkylation sites (tertiary alicyclic amines) is 1. The van der Waals surface area contributed by atoms with Gasteiger partial charge in [0.15, 0.2) is 9.84 Å². The first-order valence-electron chi connectivity index (χ1n) is 9.39. The van der Waals surface area contributed by atoms with Crippen LogP contribution in [0.1, 0.15) is 10.4 Å². The molecule has 29 heavy (non-hydrogen) atoms. The van der Waals surface area contributed by atoms with E-state index in [0.29, 0.717) is 12.1 Å². The van der Waals surface area contributed by atoms with Gasteiger partial charge in [-0.2, -0.15) is 5.10 Å². The summed E-state index contributed by atoms with van der Waals surface area (Å²) < 4.78 is 35.4. The summed E-state index contributed by atoms with van der Waals surface area (Å²) in [5.41, 5.74) is 1.43. The second kappa shape index (κ2) is 6.39. The summed E-state index contributed by atoms with van der Waals surface area (Å²) in [7, 11) is -1.63. The van der Waals surface area contributed by atoms with Crippen molar-refractivity contribution < 1.29 is 17.9 Å². The normalized spacial score (nSPS) is 22.7. The lowest BCUT2D eigenvalue weighted by Gasteiger charge is -2.52. The minimum Gasteiger partial charge on any atom is -0.369 e. The molecule has 0 N–H and O–H groups in total. The summed E-state index contributed by atoms with van der Waals surface area (Å²) in [6.45, 7) is 0.975. The van der Waals surface area contributed by atoms with Crippen LogP contribution in [0.2, 0.25) is 0 Å². The van der Waals surface area contributed by atoms with E-state index in [0.717, 1.165) is 11.0 Å². The van der Waals surface area contributed by atoms with E-state index < -0.39 is 20.7 Å². The second-order valence-corrected chi connectivity index (χ2v) is 10.2. The van der Waals surface area contributed by atoms with Crippen LogP contribution < -0.4 is 0 Å². The number of para-hydroxylation sites is 2. The number of hydrogen-bond acceptors (Lipinski definition) is 6. The Morgan fingerprint density at radius 3 is 2.83 bits per heavy atom. The van der Waals surface area contributed by atoms with Crippen LogP contribution in [0.25, 0.3) is 11.0 Å². The molecule has 2 aromatic heterocycles. The highest BCUT2D eigenvalue weighted by atomic mass is 32.2. The molecule has 2 fully saturated rings. The Labute approximate surface area is 167 Å². The lowest BCUT2D eigenvalue weighted by atomic mass is 9.95. The minimum atomic E-state index is -3.37. The average molecular weight is 415 g/mol. The first-order chi connectivity index (χ1) is 13.9. The molecular formula is C19H21N5O4S. The molecule has 0 saturated carbocycles. The zero-order valence-corrected chi connectivity index (χ0v) is 16.7. The zero-order valence-electron chi connectivity index (χ0n) is 15.9. The van der Waals surface area contributed by atoms with Crippen LogP contribution in [0, 0.1) is 0 Å². The monoisotopic (exact) mass is 415 g/mol. The van der Waals surface area contributed by atoms with Crippen molar-refractivity contribution in [3.05, 3.63) is 48.5 Å². The zero-order chi connectivity index (χ0) is 20.2. The molecule has 0 radical (unpaired) electrons. The van der Waals surface area contributed by atoms with Crippen LogP contribution in [-0.4, -0.2) is 74.9 Å². The maximum Gasteiger partial charge on any atom is 0.257 e. The number of benzene rings is 1. The van der Waals surface area contributed by atoms with Crippen LogP contribution in [-0.2, 0) is 28.2 Å². The first-order valence-corrected chi connectivity index (χ1v) is 11.1. The van der Waals surface area contributed by atoms with Crippen molar-refractivity contribution in [2.24, 2.45) is 7.05 Å². The molecule has 0 aliphatic carbocycles. The van der Waals surface area contributed by atoms with E-state index in [-0.39, 0.29) is 31.4 Å². The van der Waals surface area contributed by atoms with E-state index in [9.17, 15) is 13.2 Å². The number of imidazole rings is 1. The van der Waals surface area contributed by atoms with Crippen LogP contribution >= 0.6 is 0 Å². The van der Waals surface area contributed by atoms with E-state index in [1.807, 2.05) is 28.8 Å². The molecule has 1 atom stereocenters. The highest BCUT2D eigenvalue weighted by molar-refractivity contribution is 7.92. The second-order valence-electron chi connectivity index (χ2n) is 7.87. The Morgan fingerprint density at radius 1 is 1.31 bits per heavy atom. The van der Waals surface area contributed by atoms with Gasteiger partial charge in [-0.15, -0.1) is 0 Å². The number of aromatic nitrogens is 4.